The summed E-state index contributed by atoms with van der Waals surface area (Å²) in [6.07, 6.45) is 0.469. The Morgan fingerprint density at radius 3 is 2.50 bits per heavy atom. The lowest BCUT2D eigenvalue weighted by atomic mass is 10.2. The van der Waals surface area contributed by atoms with Crippen molar-refractivity contribution in [2.75, 3.05) is 26.0 Å². The second kappa shape index (κ2) is 12.8. The van der Waals surface area contributed by atoms with Crippen molar-refractivity contribution in [2.24, 2.45) is 0 Å². The molecule has 6 rings (SSSR count). The van der Waals surface area contributed by atoms with Gasteiger partial charge in [0.2, 0.25) is 25.4 Å². The molecule has 3 heterocycles. The third kappa shape index (κ3) is 6.09. The monoisotopic (exact) mass is 618 g/mol. The van der Waals surface area contributed by atoms with Crippen LogP contribution in [0.4, 0.5) is 5.69 Å². The van der Waals surface area contributed by atoms with E-state index in [1.165, 1.54) is 11.7 Å². The maximum Gasteiger partial charge on any atom is 0.262 e. The molecule has 0 aliphatic carbocycles. The lowest BCUT2D eigenvalue weighted by Gasteiger charge is -2.19. The fourth-order valence-corrected chi connectivity index (χ4v) is 5.88. The summed E-state index contributed by atoms with van der Waals surface area (Å²) in [6.45, 7) is 2.43. The lowest BCUT2D eigenvalue weighted by Crippen LogP contribution is -2.30. The zero-order chi connectivity index (χ0) is 30.6. The maximum atomic E-state index is 13.8. The second-order valence-corrected chi connectivity index (χ2v) is 11.2. The highest BCUT2D eigenvalue weighted by Crippen LogP contribution is 2.36. The number of anilines is 1. The van der Waals surface area contributed by atoms with Crippen molar-refractivity contribution in [3.05, 3.63) is 70.5 Å². The van der Waals surface area contributed by atoms with Crippen molar-refractivity contribution < 1.29 is 33.3 Å². The van der Waals surface area contributed by atoms with E-state index in [2.05, 4.69) is 10.6 Å². The normalized spacial score (nSPS) is 13.5. The van der Waals surface area contributed by atoms with Gasteiger partial charge in [-0.2, -0.15) is 0 Å². The first kappa shape index (κ1) is 29.2. The van der Waals surface area contributed by atoms with Gasteiger partial charge in [0.15, 0.2) is 28.2 Å². The Labute approximate surface area is 256 Å². The molecule has 2 aliphatic rings. The Morgan fingerprint density at radius 1 is 1.00 bits per heavy atom. The first-order valence-electron chi connectivity index (χ1n) is 14.0. The molecule has 0 saturated heterocycles. The van der Waals surface area contributed by atoms with Crippen molar-refractivity contribution in [1.29, 1.82) is 0 Å². The van der Waals surface area contributed by atoms with Crippen molar-refractivity contribution in [3.8, 4) is 28.7 Å². The Hall–Kier alpha value is -4.91. The fourth-order valence-electron chi connectivity index (χ4n) is 4.84. The van der Waals surface area contributed by atoms with Crippen LogP contribution in [0.2, 0.25) is 0 Å². The van der Waals surface area contributed by atoms with E-state index in [9.17, 15) is 14.4 Å². The average molecular weight is 619 g/mol. The summed E-state index contributed by atoms with van der Waals surface area (Å²) < 4.78 is 28.5. The molecule has 0 radical (unpaired) electrons. The molecular formula is C31H30N4O8S. The Kier molecular flexibility index (Phi) is 8.46. The van der Waals surface area contributed by atoms with Crippen LogP contribution in [-0.4, -0.2) is 47.3 Å². The number of nitrogens with one attached hydrogen (secondary N) is 2. The third-order valence-electron chi connectivity index (χ3n) is 7.18. The number of amides is 2. The van der Waals surface area contributed by atoms with E-state index in [4.69, 9.17) is 28.7 Å². The van der Waals surface area contributed by atoms with E-state index in [1.807, 2.05) is 25.1 Å². The summed E-state index contributed by atoms with van der Waals surface area (Å²) in [5, 5.41) is 5.85. The van der Waals surface area contributed by atoms with E-state index in [0.29, 0.717) is 56.9 Å². The highest BCUT2D eigenvalue weighted by atomic mass is 32.2. The van der Waals surface area contributed by atoms with Gasteiger partial charge >= 0.3 is 0 Å². The van der Waals surface area contributed by atoms with Crippen LogP contribution >= 0.6 is 11.8 Å². The molecule has 13 heteroatoms. The number of carbonyl (C=O) groups is 2. The number of carbonyl (C=O) groups excluding carboxylic acids is 2. The number of ether oxygens (including phenoxy) is 5. The van der Waals surface area contributed by atoms with Gasteiger partial charge in [-0.1, -0.05) is 36.9 Å². The van der Waals surface area contributed by atoms with E-state index in [1.54, 1.807) is 36.4 Å². The largest absolute Gasteiger partial charge is 0.495 e. The molecule has 1 atom stereocenters. The standard InChI is InChI=1S/C31H30N4O8S/c1-3-27(29(37)33-20-6-4-5-7-22(20)39-2)44-31-34-21-14-26-25(42-17-43-26)13-19(21)30(38)35(31)11-10-28(36)32-15-18-8-9-23-24(12-18)41-16-40-23/h4-9,12-14,27H,3,10-11,15-17H2,1-2H3,(H,32,36)(H,33,37). The van der Waals surface area contributed by atoms with Crippen LogP contribution in [0.3, 0.4) is 0 Å². The van der Waals surface area contributed by atoms with E-state index < -0.39 is 5.25 Å². The number of thioether (sulfide) groups is 1. The molecule has 4 aromatic rings. The van der Waals surface area contributed by atoms with Crippen LogP contribution in [0.15, 0.2) is 64.5 Å². The molecule has 1 aromatic heterocycles. The first-order chi connectivity index (χ1) is 21.4. The van der Waals surface area contributed by atoms with Crippen LogP contribution < -0.4 is 39.9 Å². The number of hydrogen-bond acceptors (Lipinski definition) is 10. The van der Waals surface area contributed by atoms with Crippen LogP contribution in [0.5, 0.6) is 28.7 Å². The number of fused-ring (bicyclic) bond motifs is 3. The number of hydrogen-bond donors (Lipinski definition) is 2. The summed E-state index contributed by atoms with van der Waals surface area (Å²) in [5.41, 5.74) is 1.45. The molecule has 2 N–H and O–H groups in total. The number of benzene rings is 3. The van der Waals surface area contributed by atoms with E-state index >= 15 is 0 Å². The predicted octanol–water partition coefficient (Wildman–Crippen LogP) is 4.08. The number of aromatic nitrogens is 2. The van der Waals surface area contributed by atoms with Gasteiger partial charge in [0.1, 0.15) is 5.75 Å². The third-order valence-corrected chi connectivity index (χ3v) is 8.53. The molecule has 12 nitrogen and oxygen atoms in total. The van der Waals surface area contributed by atoms with Crippen molar-refractivity contribution >= 4 is 40.2 Å². The van der Waals surface area contributed by atoms with Gasteiger partial charge in [-0.05, 0) is 42.3 Å². The van der Waals surface area contributed by atoms with Gasteiger partial charge in [0.25, 0.3) is 5.56 Å². The van der Waals surface area contributed by atoms with Crippen molar-refractivity contribution in [2.45, 2.75) is 43.3 Å². The highest BCUT2D eigenvalue weighted by molar-refractivity contribution is 8.00. The summed E-state index contributed by atoms with van der Waals surface area (Å²) >= 11 is 1.16. The number of methoxy groups -OCH3 is 1. The molecule has 44 heavy (non-hydrogen) atoms. The SMILES string of the molecule is CCC(Sc1nc2cc3c(cc2c(=O)n1CCC(=O)NCc1ccc2c(c1)OCO2)OCO3)C(=O)Nc1ccccc1OC. The molecule has 1 unspecified atom stereocenters. The van der Waals surface area contributed by atoms with Gasteiger partial charge in [0, 0.05) is 25.6 Å². The van der Waals surface area contributed by atoms with Crippen LogP contribution in [0.1, 0.15) is 25.3 Å². The fraction of sp³-hybridized carbons (Fsp3) is 0.290. The van der Waals surface area contributed by atoms with Crippen LogP contribution in [-0.2, 0) is 22.7 Å². The van der Waals surface area contributed by atoms with Crippen molar-refractivity contribution in [1.82, 2.24) is 14.9 Å². The van der Waals surface area contributed by atoms with Crippen LogP contribution in [0.25, 0.3) is 10.9 Å². The molecule has 228 valence electrons. The smallest absolute Gasteiger partial charge is 0.262 e. The van der Waals surface area contributed by atoms with Gasteiger partial charge in [-0.3, -0.25) is 19.0 Å². The molecule has 0 fully saturated rings. The zero-order valence-corrected chi connectivity index (χ0v) is 24.9. The maximum absolute atomic E-state index is 13.8. The molecule has 0 bridgehead atoms. The number of rotatable bonds is 11. The van der Waals surface area contributed by atoms with E-state index in [-0.39, 0.29) is 50.5 Å². The van der Waals surface area contributed by atoms with Gasteiger partial charge in [-0.25, -0.2) is 4.98 Å². The predicted molar refractivity (Wildman–Crippen MR) is 163 cm³/mol. The Balaban J connectivity index is 1.23. The summed E-state index contributed by atoms with van der Waals surface area (Å²) in [4.78, 5) is 44.8. The molecule has 2 aliphatic heterocycles. The Bertz CT molecular complexity index is 1790. The average Bonchev–Trinajstić information content (AvgIpc) is 3.70. The quantitative estimate of drug-likeness (QED) is 0.187. The second-order valence-electron chi connectivity index (χ2n) is 9.99. The Morgan fingerprint density at radius 2 is 1.73 bits per heavy atom. The lowest BCUT2D eigenvalue weighted by molar-refractivity contribution is -0.121. The molecule has 0 spiro atoms. The van der Waals surface area contributed by atoms with Gasteiger partial charge in [-0.15, -0.1) is 0 Å². The molecule has 0 saturated carbocycles. The van der Waals surface area contributed by atoms with Gasteiger partial charge in [0.05, 0.1) is 29.0 Å². The minimum absolute atomic E-state index is 0.0138. The molecule has 3 aromatic carbocycles. The minimum Gasteiger partial charge on any atom is -0.495 e. The minimum atomic E-state index is -0.593. The summed E-state index contributed by atoms with van der Waals surface area (Å²) in [6, 6.07) is 15.9. The van der Waals surface area contributed by atoms with Crippen molar-refractivity contribution in [3.63, 3.8) is 0 Å². The molecule has 2 amide bonds. The summed E-state index contributed by atoms with van der Waals surface area (Å²) in [7, 11) is 1.53. The van der Waals surface area contributed by atoms with E-state index in [0.717, 1.165) is 17.3 Å². The van der Waals surface area contributed by atoms with Crippen LogP contribution in [0, 0.1) is 0 Å². The molecular weight excluding hydrogens is 588 g/mol. The number of para-hydroxylation sites is 2. The topological polar surface area (TPSA) is 139 Å². The van der Waals surface area contributed by atoms with Gasteiger partial charge < -0.3 is 34.3 Å². The first-order valence-corrected chi connectivity index (χ1v) is 14.9. The highest BCUT2D eigenvalue weighted by Gasteiger charge is 2.25. The summed E-state index contributed by atoms with van der Waals surface area (Å²) in [5.74, 6) is 2.25. The number of nitrogens with zero attached hydrogens (tertiary/aromatic N) is 2. The zero-order valence-electron chi connectivity index (χ0n) is 24.1.